The van der Waals surface area contributed by atoms with Crippen LogP contribution in [0.2, 0.25) is 0 Å². The first-order chi connectivity index (χ1) is 7.24. The van der Waals surface area contributed by atoms with Crippen molar-refractivity contribution in [3.8, 4) is 6.07 Å². The SMILES string of the molecule is N#CC1CN(C2CCCCC2)C(=O)C1=O. The van der Waals surface area contributed by atoms with E-state index in [-0.39, 0.29) is 6.04 Å². The van der Waals surface area contributed by atoms with E-state index in [0.29, 0.717) is 6.54 Å². The lowest BCUT2D eigenvalue weighted by atomic mass is 9.94. The van der Waals surface area contributed by atoms with Crippen LogP contribution in [0.5, 0.6) is 0 Å². The maximum absolute atomic E-state index is 11.6. The van der Waals surface area contributed by atoms with E-state index in [1.807, 2.05) is 6.07 Å². The normalized spacial score (nSPS) is 28.2. The van der Waals surface area contributed by atoms with Crippen LogP contribution < -0.4 is 0 Å². The standard InChI is InChI=1S/C11H14N2O2/c12-6-8-7-13(11(15)10(8)14)9-4-2-1-3-5-9/h8-9H,1-5,7H2. The molecule has 2 aliphatic rings. The van der Waals surface area contributed by atoms with E-state index in [4.69, 9.17) is 5.26 Å². The van der Waals surface area contributed by atoms with Crippen molar-refractivity contribution in [3.05, 3.63) is 0 Å². The summed E-state index contributed by atoms with van der Waals surface area (Å²) in [7, 11) is 0. The molecular formula is C11H14N2O2. The van der Waals surface area contributed by atoms with Gasteiger partial charge in [0.05, 0.1) is 6.07 Å². The van der Waals surface area contributed by atoms with Crippen LogP contribution in [0.15, 0.2) is 0 Å². The molecular weight excluding hydrogens is 192 g/mol. The molecule has 0 aromatic carbocycles. The predicted octanol–water partition coefficient (Wildman–Crippen LogP) is 0.870. The highest BCUT2D eigenvalue weighted by Gasteiger charge is 2.42. The van der Waals surface area contributed by atoms with Crippen LogP contribution in [0.1, 0.15) is 32.1 Å². The van der Waals surface area contributed by atoms with Crippen LogP contribution in [0.4, 0.5) is 0 Å². The Morgan fingerprint density at radius 3 is 2.40 bits per heavy atom. The summed E-state index contributed by atoms with van der Waals surface area (Å²) in [6, 6.07) is 2.10. The van der Waals surface area contributed by atoms with Gasteiger partial charge in [-0.25, -0.2) is 0 Å². The minimum atomic E-state index is -0.723. The maximum Gasteiger partial charge on any atom is 0.291 e. The van der Waals surface area contributed by atoms with E-state index in [1.165, 1.54) is 6.42 Å². The number of amides is 1. The zero-order valence-corrected chi connectivity index (χ0v) is 8.61. The second kappa shape index (κ2) is 4.01. The van der Waals surface area contributed by atoms with Crippen molar-refractivity contribution >= 4 is 11.7 Å². The summed E-state index contributed by atoms with van der Waals surface area (Å²) in [5.74, 6) is -1.67. The summed E-state index contributed by atoms with van der Waals surface area (Å²) in [5.41, 5.74) is 0. The number of rotatable bonds is 1. The summed E-state index contributed by atoms with van der Waals surface area (Å²) in [6.07, 6.45) is 5.43. The molecule has 0 spiro atoms. The number of hydrogen-bond acceptors (Lipinski definition) is 3. The Morgan fingerprint density at radius 2 is 1.87 bits per heavy atom. The molecule has 0 radical (unpaired) electrons. The van der Waals surface area contributed by atoms with Gasteiger partial charge in [0.25, 0.3) is 5.91 Å². The molecule has 80 valence electrons. The van der Waals surface area contributed by atoms with Crippen molar-refractivity contribution in [2.24, 2.45) is 5.92 Å². The minimum absolute atomic E-state index is 0.202. The van der Waals surface area contributed by atoms with Gasteiger partial charge >= 0.3 is 0 Å². The van der Waals surface area contributed by atoms with Crippen molar-refractivity contribution in [1.82, 2.24) is 4.90 Å². The zero-order chi connectivity index (χ0) is 10.8. The third kappa shape index (κ3) is 1.74. The summed E-state index contributed by atoms with van der Waals surface area (Å²) >= 11 is 0. The smallest absolute Gasteiger partial charge is 0.291 e. The van der Waals surface area contributed by atoms with Gasteiger partial charge in [0.2, 0.25) is 5.78 Å². The van der Waals surface area contributed by atoms with Crippen molar-refractivity contribution in [2.75, 3.05) is 6.54 Å². The molecule has 1 atom stereocenters. The van der Waals surface area contributed by atoms with Crippen LogP contribution >= 0.6 is 0 Å². The molecule has 1 amide bonds. The summed E-state index contributed by atoms with van der Waals surface area (Å²) in [5, 5.41) is 8.72. The average molecular weight is 206 g/mol. The van der Waals surface area contributed by atoms with Gasteiger partial charge < -0.3 is 4.90 Å². The van der Waals surface area contributed by atoms with E-state index in [0.717, 1.165) is 25.7 Å². The molecule has 2 rings (SSSR count). The first kappa shape index (κ1) is 10.2. The van der Waals surface area contributed by atoms with Gasteiger partial charge in [-0.15, -0.1) is 0 Å². The molecule has 0 aromatic heterocycles. The number of ketones is 1. The Balaban J connectivity index is 2.08. The average Bonchev–Trinajstić information content (AvgIpc) is 2.57. The fraction of sp³-hybridized carbons (Fsp3) is 0.727. The molecule has 1 saturated carbocycles. The van der Waals surface area contributed by atoms with Gasteiger partial charge in [-0.1, -0.05) is 19.3 Å². The van der Waals surface area contributed by atoms with Crippen LogP contribution in [0, 0.1) is 17.2 Å². The monoisotopic (exact) mass is 206 g/mol. The third-order valence-electron chi connectivity index (χ3n) is 3.34. The van der Waals surface area contributed by atoms with Gasteiger partial charge in [-0.05, 0) is 12.8 Å². The van der Waals surface area contributed by atoms with E-state index in [9.17, 15) is 9.59 Å². The molecule has 4 nitrogen and oxygen atoms in total. The quantitative estimate of drug-likeness (QED) is 0.598. The molecule has 1 saturated heterocycles. The summed E-state index contributed by atoms with van der Waals surface area (Å²) < 4.78 is 0. The topological polar surface area (TPSA) is 61.2 Å². The number of carbonyl (C=O) groups excluding carboxylic acids is 2. The number of nitriles is 1. The molecule has 0 N–H and O–H groups in total. The second-order valence-electron chi connectivity index (χ2n) is 4.30. The molecule has 1 aliphatic heterocycles. The Labute approximate surface area is 88.9 Å². The van der Waals surface area contributed by atoms with Crippen LogP contribution in [-0.4, -0.2) is 29.2 Å². The second-order valence-corrected chi connectivity index (χ2v) is 4.30. The molecule has 0 aromatic rings. The number of carbonyl (C=O) groups is 2. The van der Waals surface area contributed by atoms with E-state index in [2.05, 4.69) is 0 Å². The van der Waals surface area contributed by atoms with Gasteiger partial charge in [0.1, 0.15) is 5.92 Å². The molecule has 1 heterocycles. The maximum atomic E-state index is 11.6. The first-order valence-electron chi connectivity index (χ1n) is 5.48. The highest BCUT2D eigenvalue weighted by Crippen LogP contribution is 2.26. The number of hydrogen-bond donors (Lipinski definition) is 0. The fourth-order valence-corrected chi connectivity index (χ4v) is 2.46. The lowest BCUT2D eigenvalue weighted by molar-refractivity contribution is -0.141. The molecule has 2 fully saturated rings. The van der Waals surface area contributed by atoms with Crippen molar-refractivity contribution in [2.45, 2.75) is 38.1 Å². The largest absolute Gasteiger partial charge is 0.331 e. The lowest BCUT2D eigenvalue weighted by Crippen LogP contribution is -2.38. The highest BCUT2D eigenvalue weighted by atomic mass is 16.2. The third-order valence-corrected chi connectivity index (χ3v) is 3.34. The Morgan fingerprint density at radius 1 is 1.20 bits per heavy atom. The number of nitrogens with zero attached hydrogens (tertiary/aromatic N) is 2. The molecule has 15 heavy (non-hydrogen) atoms. The number of Topliss-reactive ketones (excluding diaryl/α,β-unsaturated/α-hetero) is 1. The van der Waals surface area contributed by atoms with Gasteiger partial charge in [-0.2, -0.15) is 5.26 Å². The molecule has 0 bridgehead atoms. The number of likely N-dealkylation sites (tertiary alicyclic amines) is 1. The summed E-state index contributed by atoms with van der Waals surface area (Å²) in [6.45, 7) is 0.318. The van der Waals surface area contributed by atoms with Crippen LogP contribution in [0.3, 0.4) is 0 Å². The highest BCUT2D eigenvalue weighted by molar-refractivity contribution is 6.39. The summed E-state index contributed by atoms with van der Waals surface area (Å²) in [4.78, 5) is 24.6. The van der Waals surface area contributed by atoms with Crippen LogP contribution in [-0.2, 0) is 9.59 Å². The van der Waals surface area contributed by atoms with Gasteiger partial charge in [0, 0.05) is 12.6 Å². The van der Waals surface area contributed by atoms with E-state index >= 15 is 0 Å². The van der Waals surface area contributed by atoms with E-state index < -0.39 is 17.6 Å². The molecule has 1 aliphatic carbocycles. The fourth-order valence-electron chi connectivity index (χ4n) is 2.46. The first-order valence-corrected chi connectivity index (χ1v) is 5.48. The van der Waals surface area contributed by atoms with Gasteiger partial charge in [-0.3, -0.25) is 9.59 Å². The zero-order valence-electron chi connectivity index (χ0n) is 8.61. The predicted molar refractivity (Wildman–Crippen MR) is 52.7 cm³/mol. The van der Waals surface area contributed by atoms with Crippen molar-refractivity contribution < 1.29 is 9.59 Å². The molecule has 1 unspecified atom stereocenters. The van der Waals surface area contributed by atoms with Crippen molar-refractivity contribution in [1.29, 1.82) is 5.26 Å². The Hall–Kier alpha value is -1.37. The van der Waals surface area contributed by atoms with Crippen LogP contribution in [0.25, 0.3) is 0 Å². The minimum Gasteiger partial charge on any atom is -0.331 e. The van der Waals surface area contributed by atoms with Crippen molar-refractivity contribution in [3.63, 3.8) is 0 Å². The Kier molecular flexibility index (Phi) is 2.72. The molecule has 4 heteroatoms. The Bertz CT molecular complexity index is 326. The lowest BCUT2D eigenvalue weighted by Gasteiger charge is -2.30. The van der Waals surface area contributed by atoms with E-state index in [1.54, 1.807) is 4.90 Å². The van der Waals surface area contributed by atoms with Gasteiger partial charge in [0.15, 0.2) is 0 Å².